The molecule has 0 fully saturated rings. The number of aliphatic hydroxyl groups is 5. The molecule has 105 heavy (non-hydrogen) atoms. The van der Waals surface area contributed by atoms with Crippen LogP contribution in [0.1, 0.15) is 132 Å². The molecule has 542 valence electrons. The fourth-order valence-electron chi connectivity index (χ4n) is 15.4. The second-order valence-electron chi connectivity index (χ2n) is 26.3. The highest BCUT2D eigenvalue weighted by atomic mass is 16.5. The third-order valence-electron chi connectivity index (χ3n) is 20.2. The van der Waals surface area contributed by atoms with Crippen molar-refractivity contribution in [1.82, 2.24) is 0 Å². The standard InChI is InChI=1S/C75H62O30/c76-28-16-41(88)51-49(17-28)101-69(24-2-7-31(78)37(84)12-24)64(97)59(51)54-43(90)20-45(92)56-61(66(99)72(105-74(54)56)27-5-10-34(81)40(87)15-27)57-46(93)21-44(91)55-60(65(98)71(104-75(55)57)26-4-9-33(80)39(86)14-26)52-47(94)22-50-58(63(52)96)62(67(100)70(102-50)25-3-8-32(79)38(85)13-25)53-42(89)19-35(82)29-18-48(95)68(103-73(29)53)23-1-6-30(77)36(83)11-23/h1-17,19-22,48,59-62,64-72,76-100H,18H2. The highest BCUT2D eigenvalue weighted by Gasteiger charge is 2.55. The van der Waals surface area contributed by atoms with Crippen LogP contribution in [0.15, 0.2) is 127 Å². The Kier molecular flexibility index (Phi) is 15.9. The quantitative estimate of drug-likeness (QED) is 0.0628. The average molecular weight is 1440 g/mol. The van der Waals surface area contributed by atoms with Gasteiger partial charge < -0.3 is 151 Å². The first-order chi connectivity index (χ1) is 49.9. The Morgan fingerprint density at radius 3 is 0.895 bits per heavy atom. The maximum absolute atomic E-state index is 13.5. The number of phenols is 20. The number of phenolic OH excluding ortho intramolecular Hbond substituents is 20. The van der Waals surface area contributed by atoms with Crippen LogP contribution in [0, 0.1) is 0 Å². The van der Waals surface area contributed by atoms with E-state index in [1.165, 1.54) is 18.2 Å². The zero-order valence-electron chi connectivity index (χ0n) is 53.6. The van der Waals surface area contributed by atoms with Gasteiger partial charge >= 0.3 is 0 Å². The number of benzene rings is 10. The summed E-state index contributed by atoms with van der Waals surface area (Å²) >= 11 is 0. The second kappa shape index (κ2) is 24.6. The van der Waals surface area contributed by atoms with Gasteiger partial charge in [0.15, 0.2) is 81.9 Å². The lowest BCUT2D eigenvalue weighted by atomic mass is 9.71. The first-order valence-electron chi connectivity index (χ1n) is 32.1. The first-order valence-corrected chi connectivity index (χ1v) is 32.1. The molecular formula is C75H62O30. The molecule has 10 aromatic rings. The van der Waals surface area contributed by atoms with Crippen molar-refractivity contribution in [1.29, 1.82) is 0 Å². The molecule has 0 aliphatic carbocycles. The van der Waals surface area contributed by atoms with Crippen LogP contribution >= 0.6 is 0 Å². The summed E-state index contributed by atoms with van der Waals surface area (Å²) in [5.74, 6) is -27.2. The summed E-state index contributed by atoms with van der Waals surface area (Å²) < 4.78 is 32.4. The monoisotopic (exact) mass is 1440 g/mol. The van der Waals surface area contributed by atoms with Gasteiger partial charge in [-0.3, -0.25) is 0 Å². The fraction of sp³-hybridized carbons (Fsp3) is 0.200. The average Bonchev–Trinajstić information content (AvgIpc) is 0.710. The Hall–Kier alpha value is -13.0. The third kappa shape index (κ3) is 10.7. The van der Waals surface area contributed by atoms with Crippen molar-refractivity contribution in [2.24, 2.45) is 0 Å². The van der Waals surface area contributed by atoms with E-state index in [0.29, 0.717) is 12.1 Å². The van der Waals surface area contributed by atoms with E-state index in [1.807, 2.05) is 0 Å². The summed E-state index contributed by atoms with van der Waals surface area (Å²) in [7, 11) is 0. The van der Waals surface area contributed by atoms with Crippen LogP contribution in [0.3, 0.4) is 0 Å². The number of hydrogen-bond acceptors (Lipinski definition) is 30. The molecule has 25 N–H and O–H groups in total. The Labute approximate surface area is 589 Å². The van der Waals surface area contributed by atoms with Crippen molar-refractivity contribution in [3.05, 3.63) is 205 Å². The molecule has 5 aliphatic rings. The lowest BCUT2D eigenvalue weighted by Crippen LogP contribution is -2.40. The van der Waals surface area contributed by atoms with Gasteiger partial charge in [-0.05, 0) is 88.5 Å². The predicted molar refractivity (Wildman–Crippen MR) is 356 cm³/mol. The Morgan fingerprint density at radius 1 is 0.229 bits per heavy atom. The van der Waals surface area contributed by atoms with Crippen molar-refractivity contribution in [3.8, 4) is 144 Å². The van der Waals surface area contributed by atoms with E-state index in [2.05, 4.69) is 0 Å². The Balaban J connectivity index is 0.986. The molecule has 0 saturated heterocycles. The number of aromatic hydroxyl groups is 20. The molecule has 0 radical (unpaired) electrons. The van der Waals surface area contributed by atoms with E-state index in [0.717, 1.165) is 97.1 Å². The number of hydrogen-bond donors (Lipinski definition) is 25. The van der Waals surface area contributed by atoms with E-state index in [-0.39, 0.29) is 44.7 Å². The van der Waals surface area contributed by atoms with Gasteiger partial charge in [-0.25, -0.2) is 0 Å². The molecule has 30 nitrogen and oxygen atoms in total. The number of ether oxygens (including phenoxy) is 5. The summed E-state index contributed by atoms with van der Waals surface area (Å²) in [6.45, 7) is 0. The highest BCUT2D eigenvalue weighted by molar-refractivity contribution is 5.75. The van der Waals surface area contributed by atoms with Gasteiger partial charge in [0, 0.05) is 92.9 Å². The van der Waals surface area contributed by atoms with Crippen LogP contribution in [0.25, 0.3) is 0 Å². The Bertz CT molecular complexity index is 5270. The minimum atomic E-state index is -2.32. The number of rotatable bonds is 9. The van der Waals surface area contributed by atoms with Crippen LogP contribution < -0.4 is 23.7 Å². The molecule has 0 amide bonds. The largest absolute Gasteiger partial charge is 0.508 e. The lowest BCUT2D eigenvalue weighted by Gasteiger charge is -2.44. The van der Waals surface area contributed by atoms with Gasteiger partial charge in [0.1, 0.15) is 117 Å². The summed E-state index contributed by atoms with van der Waals surface area (Å²) in [6.07, 6.45) is -19.7. The molecule has 14 atom stereocenters. The molecule has 0 spiro atoms. The topological polar surface area (TPSA) is 552 Å². The summed E-state index contributed by atoms with van der Waals surface area (Å²) in [4.78, 5) is 0. The molecule has 0 aromatic heterocycles. The highest BCUT2D eigenvalue weighted by Crippen LogP contribution is 2.67. The molecule has 5 aliphatic heterocycles. The van der Waals surface area contributed by atoms with Gasteiger partial charge in [-0.1, -0.05) is 30.3 Å². The predicted octanol–water partition coefficient (Wildman–Crippen LogP) is 7.34. The van der Waals surface area contributed by atoms with Crippen molar-refractivity contribution in [3.63, 3.8) is 0 Å². The van der Waals surface area contributed by atoms with E-state index < -0.39 is 268 Å². The minimum absolute atomic E-state index is 0.0287. The van der Waals surface area contributed by atoms with Gasteiger partial charge in [-0.2, -0.15) is 0 Å². The third-order valence-corrected chi connectivity index (χ3v) is 20.2. The molecule has 14 unspecified atom stereocenters. The lowest BCUT2D eigenvalue weighted by molar-refractivity contribution is -0.00788. The van der Waals surface area contributed by atoms with Crippen molar-refractivity contribution in [2.75, 3.05) is 0 Å². The van der Waals surface area contributed by atoms with Gasteiger partial charge in [0.05, 0.1) is 29.8 Å². The van der Waals surface area contributed by atoms with E-state index >= 15 is 0 Å². The molecule has 30 heteroatoms. The van der Waals surface area contributed by atoms with Gasteiger partial charge in [0.25, 0.3) is 0 Å². The van der Waals surface area contributed by atoms with Crippen LogP contribution in [0.2, 0.25) is 0 Å². The number of aliphatic hydroxyl groups excluding tert-OH is 5. The summed E-state index contributed by atoms with van der Waals surface area (Å²) in [6, 6.07) is 21.0. The fourth-order valence-corrected chi connectivity index (χ4v) is 15.4. The van der Waals surface area contributed by atoms with Crippen LogP contribution in [0.5, 0.6) is 144 Å². The zero-order chi connectivity index (χ0) is 74.7. The van der Waals surface area contributed by atoms with Crippen molar-refractivity contribution in [2.45, 2.75) is 91.1 Å². The van der Waals surface area contributed by atoms with Crippen molar-refractivity contribution >= 4 is 0 Å². The van der Waals surface area contributed by atoms with Crippen LogP contribution in [-0.2, 0) is 6.42 Å². The molecule has 5 heterocycles. The van der Waals surface area contributed by atoms with E-state index in [1.54, 1.807) is 0 Å². The van der Waals surface area contributed by atoms with Crippen molar-refractivity contribution < 1.29 is 151 Å². The smallest absolute Gasteiger partial charge is 0.157 e. The summed E-state index contributed by atoms with van der Waals surface area (Å²) in [5.41, 5.74) is -5.73. The normalized spacial score (nSPS) is 24.2. The zero-order valence-corrected chi connectivity index (χ0v) is 53.6. The maximum atomic E-state index is 13.5. The van der Waals surface area contributed by atoms with Crippen LogP contribution in [0.4, 0.5) is 0 Å². The van der Waals surface area contributed by atoms with Crippen LogP contribution in [-0.4, -0.2) is 158 Å². The van der Waals surface area contributed by atoms with Gasteiger partial charge in [-0.15, -0.1) is 0 Å². The maximum Gasteiger partial charge on any atom is 0.157 e. The second-order valence-corrected chi connectivity index (χ2v) is 26.3. The minimum Gasteiger partial charge on any atom is -0.508 e. The molecule has 15 rings (SSSR count). The van der Waals surface area contributed by atoms with Gasteiger partial charge in [0.2, 0.25) is 0 Å². The molecule has 10 aromatic carbocycles. The van der Waals surface area contributed by atoms with E-state index in [9.17, 15) is 128 Å². The first kappa shape index (κ1) is 67.8. The number of fused-ring (bicyclic) bond motifs is 5. The van der Waals surface area contributed by atoms with E-state index in [4.69, 9.17) is 23.7 Å². The Morgan fingerprint density at radius 2 is 0.514 bits per heavy atom. The molecule has 0 bridgehead atoms. The molecule has 0 saturated carbocycles. The molecular weight excluding hydrogens is 1380 g/mol. The SMILES string of the molecule is Oc1cc(O)c2c(c1)OC(c1ccc(O)c(O)c1)C(O)C2c1c(O)cc(O)c2c1OC(c1ccc(O)c(O)c1)C(O)C2c1c(O)cc(O)c2c1OC(c1ccc(O)c(O)c1)C(O)C2c1c(O)cc2c(c1O)C(c1c(O)cc(O)c3c1OC(c1ccc(O)c(O)c1)C(O)C3)C(O)C(c1ccc(O)c(O)c1)O2. The summed E-state index contributed by atoms with van der Waals surface area (Å²) in [5, 5.41) is 294.